The number of benzene rings is 1. The summed E-state index contributed by atoms with van der Waals surface area (Å²) in [6.07, 6.45) is 9.97. The molecule has 1 aromatic carbocycles. The van der Waals surface area contributed by atoms with Crippen molar-refractivity contribution in [1.82, 2.24) is 19.9 Å². The van der Waals surface area contributed by atoms with E-state index in [2.05, 4.69) is 15.3 Å². The Bertz CT molecular complexity index is 1440. The first-order valence-corrected chi connectivity index (χ1v) is 11.8. The highest BCUT2D eigenvalue weighted by atomic mass is 32.2. The summed E-state index contributed by atoms with van der Waals surface area (Å²) < 4.78 is 13.6. The van der Waals surface area contributed by atoms with Crippen molar-refractivity contribution < 1.29 is 9.00 Å². The van der Waals surface area contributed by atoms with Gasteiger partial charge in [-0.25, -0.2) is 4.98 Å². The monoisotopic (exact) mass is 444 g/mol. The Morgan fingerprint density at radius 2 is 1.97 bits per heavy atom. The first-order valence-electron chi connectivity index (χ1n) is 10.2. The number of carbonyl (C=O) groups excluding carboxylic acids is 1. The van der Waals surface area contributed by atoms with Crippen LogP contribution in [-0.4, -0.2) is 36.9 Å². The van der Waals surface area contributed by atoms with Crippen LogP contribution in [0.15, 0.2) is 76.9 Å². The number of nitrogens with one attached hydrogen (secondary N) is 1. The van der Waals surface area contributed by atoms with Gasteiger partial charge in [0, 0.05) is 48.3 Å². The summed E-state index contributed by atoms with van der Waals surface area (Å²) in [4.78, 5) is 35.0. The van der Waals surface area contributed by atoms with Crippen LogP contribution >= 0.6 is 0 Å². The molecule has 1 fully saturated rings. The zero-order valence-electron chi connectivity index (χ0n) is 17.3. The molecule has 0 radical (unpaired) electrons. The minimum atomic E-state index is -1.14. The van der Waals surface area contributed by atoms with Gasteiger partial charge in [-0.2, -0.15) is 0 Å². The second kappa shape index (κ2) is 8.12. The Morgan fingerprint density at radius 1 is 1.12 bits per heavy atom. The minimum absolute atomic E-state index is 0.0906. The number of fused-ring (bicyclic) bond motifs is 1. The third-order valence-electron chi connectivity index (χ3n) is 5.42. The summed E-state index contributed by atoms with van der Waals surface area (Å²) in [5.74, 6) is -0.365. The number of hydrogen-bond acceptors (Lipinski definition) is 5. The lowest BCUT2D eigenvalue weighted by molar-refractivity contribution is 0.0949. The number of aromatic nitrogens is 3. The lowest BCUT2D eigenvalue weighted by Gasteiger charge is -2.14. The number of pyridine rings is 3. The molecule has 8 heteroatoms. The van der Waals surface area contributed by atoms with E-state index >= 15 is 0 Å². The molecule has 3 heterocycles. The molecule has 1 unspecified atom stereocenters. The predicted molar refractivity (Wildman–Crippen MR) is 123 cm³/mol. The Hall–Kier alpha value is -3.65. The van der Waals surface area contributed by atoms with Crippen molar-refractivity contribution >= 4 is 27.7 Å². The minimum Gasteiger partial charge on any atom is -0.349 e. The molecule has 1 saturated carbocycles. The quantitative estimate of drug-likeness (QED) is 0.511. The topological polar surface area (TPSA) is 94.0 Å². The van der Waals surface area contributed by atoms with Crippen molar-refractivity contribution in [2.75, 3.05) is 6.26 Å². The molecule has 3 aromatic heterocycles. The van der Waals surface area contributed by atoms with E-state index in [0.29, 0.717) is 15.9 Å². The van der Waals surface area contributed by atoms with Gasteiger partial charge in [-0.3, -0.25) is 18.8 Å². The van der Waals surface area contributed by atoms with Gasteiger partial charge in [0.2, 0.25) is 5.43 Å². The van der Waals surface area contributed by atoms with E-state index in [1.807, 2.05) is 30.3 Å². The largest absolute Gasteiger partial charge is 0.349 e. The molecule has 1 amide bonds. The van der Waals surface area contributed by atoms with E-state index in [0.717, 1.165) is 29.7 Å². The van der Waals surface area contributed by atoms with Gasteiger partial charge >= 0.3 is 0 Å². The molecule has 0 aliphatic heterocycles. The van der Waals surface area contributed by atoms with Crippen LogP contribution in [0.5, 0.6) is 0 Å². The fourth-order valence-corrected chi connectivity index (χ4v) is 4.08. The van der Waals surface area contributed by atoms with Gasteiger partial charge < -0.3 is 9.88 Å². The fraction of sp³-hybridized carbons (Fsp3) is 0.167. The molecule has 0 bridgehead atoms. The van der Waals surface area contributed by atoms with E-state index < -0.39 is 10.8 Å². The van der Waals surface area contributed by atoms with Crippen LogP contribution in [0.25, 0.3) is 27.8 Å². The fourth-order valence-electron chi connectivity index (χ4n) is 3.58. The van der Waals surface area contributed by atoms with Gasteiger partial charge in [0.25, 0.3) is 5.91 Å². The molecule has 4 aromatic rings. The highest BCUT2D eigenvalue weighted by Gasteiger charge is 2.26. The van der Waals surface area contributed by atoms with Crippen LogP contribution in [0, 0.1) is 0 Å². The molecule has 32 heavy (non-hydrogen) atoms. The Morgan fingerprint density at radius 3 is 2.75 bits per heavy atom. The molecular weight excluding hydrogens is 424 g/mol. The number of hydrogen-bond donors (Lipinski definition) is 1. The maximum absolute atomic E-state index is 13.0. The van der Waals surface area contributed by atoms with E-state index in [9.17, 15) is 13.8 Å². The first kappa shape index (κ1) is 20.3. The third kappa shape index (κ3) is 3.85. The summed E-state index contributed by atoms with van der Waals surface area (Å²) in [6, 6.07) is 13.0. The summed E-state index contributed by atoms with van der Waals surface area (Å²) in [5.41, 5.74) is 2.67. The van der Waals surface area contributed by atoms with E-state index in [-0.39, 0.29) is 22.9 Å². The Balaban J connectivity index is 1.66. The molecule has 1 aliphatic carbocycles. The van der Waals surface area contributed by atoms with Crippen LogP contribution in [0.3, 0.4) is 0 Å². The standard InChI is InChI=1S/C24H20N4O3S/c1-32(31)19-11-16(12-25-13-19)15-4-2-5-18(10-15)28-14-21(24(30)27-17-7-8-17)22(29)20-6-3-9-26-23(20)28/h2-6,9-14,17H,7-8H2,1H3,(H,27,30). The molecule has 1 N–H and O–H groups in total. The van der Waals surface area contributed by atoms with Gasteiger partial charge in [0.1, 0.15) is 11.2 Å². The van der Waals surface area contributed by atoms with Crippen molar-refractivity contribution in [3.63, 3.8) is 0 Å². The predicted octanol–water partition coefficient (Wildman–Crippen LogP) is 3.08. The summed E-state index contributed by atoms with van der Waals surface area (Å²) in [7, 11) is -1.14. The molecule has 7 nitrogen and oxygen atoms in total. The normalized spacial score (nSPS) is 14.3. The number of carbonyl (C=O) groups is 1. The summed E-state index contributed by atoms with van der Waals surface area (Å²) >= 11 is 0. The SMILES string of the molecule is CS(=O)c1cncc(-c2cccc(-n3cc(C(=O)NC4CC4)c(=O)c4cccnc43)c2)c1. The highest BCUT2D eigenvalue weighted by Crippen LogP contribution is 2.25. The van der Waals surface area contributed by atoms with E-state index in [1.54, 1.807) is 47.7 Å². The molecular formula is C24H20N4O3S. The highest BCUT2D eigenvalue weighted by molar-refractivity contribution is 7.84. The smallest absolute Gasteiger partial charge is 0.257 e. The van der Waals surface area contributed by atoms with Gasteiger partial charge in [-0.15, -0.1) is 0 Å². The number of nitrogens with zero attached hydrogens (tertiary/aromatic N) is 3. The zero-order chi connectivity index (χ0) is 22.2. The zero-order valence-corrected chi connectivity index (χ0v) is 18.1. The average Bonchev–Trinajstić information content (AvgIpc) is 3.63. The van der Waals surface area contributed by atoms with Crippen LogP contribution < -0.4 is 10.7 Å². The summed E-state index contributed by atoms with van der Waals surface area (Å²) in [6.45, 7) is 0. The maximum atomic E-state index is 13.0. The Labute approximate surface area is 186 Å². The molecule has 1 atom stereocenters. The number of rotatable bonds is 5. The lowest BCUT2D eigenvalue weighted by Crippen LogP contribution is -2.31. The van der Waals surface area contributed by atoms with Crippen LogP contribution in [0.1, 0.15) is 23.2 Å². The lowest BCUT2D eigenvalue weighted by atomic mass is 10.1. The Kier molecular flexibility index (Phi) is 5.14. The van der Waals surface area contributed by atoms with Gasteiger partial charge in [0.15, 0.2) is 0 Å². The second-order valence-corrected chi connectivity index (χ2v) is 9.16. The third-order valence-corrected chi connectivity index (χ3v) is 6.31. The van der Waals surface area contributed by atoms with Crippen molar-refractivity contribution in [2.24, 2.45) is 0 Å². The maximum Gasteiger partial charge on any atom is 0.257 e. The van der Waals surface area contributed by atoms with Gasteiger partial charge in [-0.05, 0) is 48.7 Å². The van der Waals surface area contributed by atoms with Gasteiger partial charge in [0.05, 0.1) is 21.1 Å². The summed E-state index contributed by atoms with van der Waals surface area (Å²) in [5, 5.41) is 3.28. The average molecular weight is 445 g/mol. The van der Waals surface area contributed by atoms with Crippen molar-refractivity contribution in [3.8, 4) is 16.8 Å². The van der Waals surface area contributed by atoms with Crippen molar-refractivity contribution in [2.45, 2.75) is 23.8 Å². The van der Waals surface area contributed by atoms with Gasteiger partial charge in [-0.1, -0.05) is 12.1 Å². The van der Waals surface area contributed by atoms with Crippen LogP contribution in [0.4, 0.5) is 0 Å². The van der Waals surface area contributed by atoms with Crippen LogP contribution in [0.2, 0.25) is 0 Å². The first-order chi connectivity index (χ1) is 15.5. The molecule has 0 spiro atoms. The van der Waals surface area contributed by atoms with Crippen molar-refractivity contribution in [3.05, 3.63) is 83.0 Å². The van der Waals surface area contributed by atoms with Crippen LogP contribution in [-0.2, 0) is 10.8 Å². The molecule has 1 aliphatic rings. The van der Waals surface area contributed by atoms with E-state index in [4.69, 9.17) is 0 Å². The van der Waals surface area contributed by atoms with Crippen molar-refractivity contribution in [1.29, 1.82) is 0 Å². The molecule has 0 saturated heterocycles. The molecule has 5 rings (SSSR count). The van der Waals surface area contributed by atoms with E-state index in [1.165, 1.54) is 0 Å². The molecule has 160 valence electrons. The number of amides is 1. The second-order valence-electron chi connectivity index (χ2n) is 7.78.